The monoisotopic (exact) mass is 344 g/mol. The average Bonchev–Trinajstić information content (AvgIpc) is 3.46. The molecule has 1 aliphatic carbocycles. The van der Waals surface area contributed by atoms with Crippen molar-refractivity contribution in [1.29, 1.82) is 0 Å². The van der Waals surface area contributed by atoms with Gasteiger partial charge in [0.1, 0.15) is 11.6 Å². The summed E-state index contributed by atoms with van der Waals surface area (Å²) in [4.78, 5) is 12.0. The molecule has 1 fully saturated rings. The van der Waals surface area contributed by atoms with Crippen molar-refractivity contribution < 1.29 is 23.8 Å². The Labute approximate surface area is 146 Å². The standard InChI is InChI=1S/C20H21FO4/c1-3-25-20(23)13-6-8-15(17(10-13)19(22)12-4-5-12)16-11-14(24-2)7-9-18(16)21/h6-12,19,22H,3-5H2,1-2H3. The third kappa shape index (κ3) is 3.66. The highest BCUT2D eigenvalue weighted by atomic mass is 19.1. The van der Waals surface area contributed by atoms with E-state index in [9.17, 15) is 14.3 Å². The predicted molar refractivity (Wildman–Crippen MR) is 92.0 cm³/mol. The number of halogens is 1. The van der Waals surface area contributed by atoms with Crippen LogP contribution in [-0.2, 0) is 4.74 Å². The quantitative estimate of drug-likeness (QED) is 0.801. The Kier molecular flexibility index (Phi) is 5.04. The third-order valence-corrected chi connectivity index (χ3v) is 4.41. The largest absolute Gasteiger partial charge is 0.497 e. The molecule has 5 heteroatoms. The van der Waals surface area contributed by atoms with E-state index in [-0.39, 0.29) is 12.5 Å². The first kappa shape index (κ1) is 17.4. The number of hydrogen-bond donors (Lipinski definition) is 1. The van der Waals surface area contributed by atoms with E-state index in [0.29, 0.717) is 28.0 Å². The summed E-state index contributed by atoms with van der Waals surface area (Å²) in [6, 6.07) is 9.33. The highest BCUT2D eigenvalue weighted by molar-refractivity contribution is 5.91. The summed E-state index contributed by atoms with van der Waals surface area (Å²) in [6.07, 6.45) is 1.10. The smallest absolute Gasteiger partial charge is 0.338 e. The molecule has 1 atom stereocenters. The van der Waals surface area contributed by atoms with E-state index in [1.807, 2.05) is 0 Å². The molecule has 0 spiro atoms. The van der Waals surface area contributed by atoms with Gasteiger partial charge in [-0.05, 0) is 67.1 Å². The zero-order valence-corrected chi connectivity index (χ0v) is 14.3. The van der Waals surface area contributed by atoms with E-state index >= 15 is 0 Å². The first-order valence-electron chi connectivity index (χ1n) is 8.38. The molecule has 1 N–H and O–H groups in total. The molecule has 1 aliphatic rings. The van der Waals surface area contributed by atoms with Gasteiger partial charge in [0.2, 0.25) is 0 Å². The maximum absolute atomic E-state index is 14.4. The summed E-state index contributed by atoms with van der Waals surface area (Å²) in [6.45, 7) is 2.00. The fraction of sp³-hybridized carbons (Fsp3) is 0.350. The number of carbonyl (C=O) groups excluding carboxylic acids is 1. The lowest BCUT2D eigenvalue weighted by Crippen LogP contribution is -2.09. The molecular weight excluding hydrogens is 323 g/mol. The maximum Gasteiger partial charge on any atom is 0.338 e. The molecule has 0 aromatic heterocycles. The molecule has 2 aromatic carbocycles. The summed E-state index contributed by atoms with van der Waals surface area (Å²) in [7, 11) is 1.51. The number of ether oxygens (including phenoxy) is 2. The molecule has 4 nitrogen and oxygen atoms in total. The fourth-order valence-electron chi connectivity index (χ4n) is 2.90. The number of esters is 1. The minimum Gasteiger partial charge on any atom is -0.497 e. The van der Waals surface area contributed by atoms with Gasteiger partial charge in [0.25, 0.3) is 0 Å². The van der Waals surface area contributed by atoms with Crippen LogP contribution in [-0.4, -0.2) is 24.8 Å². The summed E-state index contributed by atoms with van der Waals surface area (Å²) in [5, 5.41) is 10.7. The number of rotatable bonds is 6. The fourth-order valence-corrected chi connectivity index (χ4v) is 2.90. The van der Waals surface area contributed by atoms with Crippen LogP contribution in [0.1, 0.15) is 41.8 Å². The van der Waals surface area contributed by atoms with Gasteiger partial charge in [-0.3, -0.25) is 0 Å². The highest BCUT2D eigenvalue weighted by Gasteiger charge is 2.33. The summed E-state index contributed by atoms with van der Waals surface area (Å²) >= 11 is 0. The Hall–Kier alpha value is -2.40. The van der Waals surface area contributed by atoms with Crippen molar-refractivity contribution in [2.45, 2.75) is 25.9 Å². The van der Waals surface area contributed by atoms with Crippen molar-refractivity contribution in [2.75, 3.05) is 13.7 Å². The summed E-state index contributed by atoms with van der Waals surface area (Å²) in [5.41, 5.74) is 1.79. The Balaban J connectivity index is 2.10. The number of aliphatic hydroxyl groups excluding tert-OH is 1. The molecule has 25 heavy (non-hydrogen) atoms. The lowest BCUT2D eigenvalue weighted by Gasteiger charge is -2.17. The van der Waals surface area contributed by atoms with Crippen molar-refractivity contribution in [1.82, 2.24) is 0 Å². The van der Waals surface area contributed by atoms with Gasteiger partial charge >= 0.3 is 5.97 Å². The molecule has 1 saturated carbocycles. The second-order valence-electron chi connectivity index (χ2n) is 6.15. The van der Waals surface area contributed by atoms with Crippen LogP contribution in [0.4, 0.5) is 4.39 Å². The normalized spacial score (nSPS) is 14.9. The van der Waals surface area contributed by atoms with Gasteiger partial charge in [0.05, 0.1) is 25.4 Å². The molecule has 3 rings (SSSR count). The van der Waals surface area contributed by atoms with Crippen LogP contribution in [0.5, 0.6) is 5.75 Å². The number of benzene rings is 2. The Morgan fingerprint density at radius 3 is 2.64 bits per heavy atom. The Bertz CT molecular complexity index is 783. The van der Waals surface area contributed by atoms with Crippen LogP contribution in [0, 0.1) is 11.7 Å². The molecule has 0 heterocycles. The molecular formula is C20H21FO4. The van der Waals surface area contributed by atoms with E-state index in [1.165, 1.54) is 13.2 Å². The molecule has 1 unspecified atom stereocenters. The Morgan fingerprint density at radius 1 is 1.24 bits per heavy atom. The zero-order valence-electron chi connectivity index (χ0n) is 14.3. The molecule has 2 aromatic rings. The van der Waals surface area contributed by atoms with Gasteiger partial charge in [-0.2, -0.15) is 0 Å². The van der Waals surface area contributed by atoms with Crippen molar-refractivity contribution in [3.63, 3.8) is 0 Å². The van der Waals surface area contributed by atoms with Gasteiger partial charge < -0.3 is 14.6 Å². The Morgan fingerprint density at radius 2 is 2.00 bits per heavy atom. The minimum atomic E-state index is -0.741. The van der Waals surface area contributed by atoms with Crippen LogP contribution in [0.3, 0.4) is 0 Å². The lowest BCUT2D eigenvalue weighted by atomic mass is 9.92. The van der Waals surface area contributed by atoms with E-state index in [2.05, 4.69) is 0 Å². The van der Waals surface area contributed by atoms with Gasteiger partial charge in [0, 0.05) is 5.56 Å². The first-order valence-corrected chi connectivity index (χ1v) is 8.38. The van der Waals surface area contributed by atoms with Crippen LogP contribution < -0.4 is 4.74 Å². The predicted octanol–water partition coefficient (Wildman–Crippen LogP) is 4.12. The molecule has 0 radical (unpaired) electrons. The van der Waals surface area contributed by atoms with Crippen molar-refractivity contribution in [2.24, 2.45) is 5.92 Å². The summed E-state index contributed by atoms with van der Waals surface area (Å²) < 4.78 is 24.6. The van der Waals surface area contributed by atoms with Crippen LogP contribution in [0.15, 0.2) is 36.4 Å². The number of aliphatic hydroxyl groups is 1. The molecule has 0 aliphatic heterocycles. The van der Waals surface area contributed by atoms with E-state index in [4.69, 9.17) is 9.47 Å². The second kappa shape index (κ2) is 7.23. The highest BCUT2D eigenvalue weighted by Crippen LogP contribution is 2.44. The topological polar surface area (TPSA) is 55.8 Å². The molecule has 0 saturated heterocycles. The van der Waals surface area contributed by atoms with Gasteiger partial charge in [0.15, 0.2) is 0 Å². The third-order valence-electron chi connectivity index (χ3n) is 4.41. The minimum absolute atomic E-state index is 0.143. The molecule has 0 amide bonds. The molecule has 132 valence electrons. The van der Waals surface area contributed by atoms with Crippen molar-refractivity contribution in [3.8, 4) is 16.9 Å². The van der Waals surface area contributed by atoms with Crippen LogP contribution in [0.25, 0.3) is 11.1 Å². The van der Waals surface area contributed by atoms with E-state index in [1.54, 1.807) is 37.3 Å². The van der Waals surface area contributed by atoms with Crippen molar-refractivity contribution in [3.05, 3.63) is 53.3 Å². The lowest BCUT2D eigenvalue weighted by molar-refractivity contribution is 0.0526. The summed E-state index contributed by atoms with van der Waals surface area (Å²) in [5.74, 6) is -0.194. The van der Waals surface area contributed by atoms with Gasteiger partial charge in [-0.15, -0.1) is 0 Å². The van der Waals surface area contributed by atoms with E-state index in [0.717, 1.165) is 12.8 Å². The number of hydrogen-bond acceptors (Lipinski definition) is 4. The van der Waals surface area contributed by atoms with Crippen LogP contribution >= 0.6 is 0 Å². The van der Waals surface area contributed by atoms with Gasteiger partial charge in [-0.25, -0.2) is 9.18 Å². The zero-order chi connectivity index (χ0) is 18.0. The maximum atomic E-state index is 14.4. The number of carbonyl (C=O) groups is 1. The van der Waals surface area contributed by atoms with Crippen LogP contribution in [0.2, 0.25) is 0 Å². The second-order valence-corrected chi connectivity index (χ2v) is 6.15. The van der Waals surface area contributed by atoms with Gasteiger partial charge in [-0.1, -0.05) is 6.07 Å². The number of methoxy groups -OCH3 is 1. The average molecular weight is 344 g/mol. The van der Waals surface area contributed by atoms with Crippen molar-refractivity contribution >= 4 is 5.97 Å². The van der Waals surface area contributed by atoms with E-state index < -0.39 is 17.9 Å². The SMILES string of the molecule is CCOC(=O)c1ccc(-c2cc(OC)ccc2F)c(C(O)C2CC2)c1. The molecule has 0 bridgehead atoms. The first-order chi connectivity index (χ1) is 12.0.